The second-order valence-corrected chi connectivity index (χ2v) is 8.05. The number of nitrogens with one attached hydrogen (secondary N) is 1. The summed E-state index contributed by atoms with van der Waals surface area (Å²) in [6.45, 7) is 3.77. The van der Waals surface area contributed by atoms with Crippen molar-refractivity contribution in [3.63, 3.8) is 0 Å². The highest BCUT2D eigenvalue weighted by Crippen LogP contribution is 2.37. The summed E-state index contributed by atoms with van der Waals surface area (Å²) in [6, 6.07) is 0. The zero-order valence-corrected chi connectivity index (χ0v) is 12.6. The van der Waals surface area contributed by atoms with Crippen LogP contribution in [0.1, 0.15) is 45.4 Å². The molecule has 5 nitrogen and oxygen atoms in total. The van der Waals surface area contributed by atoms with Gasteiger partial charge in [-0.05, 0) is 31.6 Å². The molecule has 1 unspecified atom stereocenters. The summed E-state index contributed by atoms with van der Waals surface area (Å²) in [4.78, 5) is 0. The first-order valence-corrected chi connectivity index (χ1v) is 8.77. The number of piperidine rings is 1. The van der Waals surface area contributed by atoms with Crippen LogP contribution < -0.4 is 4.72 Å². The van der Waals surface area contributed by atoms with E-state index in [1.165, 1.54) is 0 Å². The average molecular weight is 290 g/mol. The number of hydrogen-bond donors (Lipinski definition) is 2. The molecule has 1 heterocycles. The van der Waals surface area contributed by atoms with E-state index in [1.54, 1.807) is 4.31 Å². The third-order valence-corrected chi connectivity index (χ3v) is 6.11. The molecular weight excluding hydrogens is 264 g/mol. The highest BCUT2D eigenvalue weighted by molar-refractivity contribution is 7.87. The molecular formula is C13H26N2O3S. The van der Waals surface area contributed by atoms with Crippen LogP contribution in [-0.4, -0.2) is 44.1 Å². The Hall–Kier alpha value is -0.170. The van der Waals surface area contributed by atoms with E-state index in [0.717, 1.165) is 38.5 Å². The third kappa shape index (κ3) is 3.68. The van der Waals surface area contributed by atoms with Gasteiger partial charge in [0, 0.05) is 31.7 Å². The van der Waals surface area contributed by atoms with Crippen LogP contribution in [0.5, 0.6) is 0 Å². The summed E-state index contributed by atoms with van der Waals surface area (Å²) < 4.78 is 28.8. The van der Waals surface area contributed by atoms with Gasteiger partial charge in [0.15, 0.2) is 0 Å². The molecule has 0 aromatic carbocycles. The molecule has 0 aromatic rings. The van der Waals surface area contributed by atoms with Gasteiger partial charge in [0.25, 0.3) is 10.2 Å². The molecule has 0 radical (unpaired) electrons. The minimum absolute atomic E-state index is 0.0753. The summed E-state index contributed by atoms with van der Waals surface area (Å²) in [7, 11) is -3.38. The minimum Gasteiger partial charge on any atom is -0.396 e. The van der Waals surface area contributed by atoms with E-state index in [2.05, 4.69) is 11.6 Å². The molecule has 0 spiro atoms. The highest BCUT2D eigenvalue weighted by atomic mass is 32.2. The van der Waals surface area contributed by atoms with Crippen molar-refractivity contribution in [1.29, 1.82) is 0 Å². The molecule has 1 atom stereocenters. The maximum Gasteiger partial charge on any atom is 0.279 e. The highest BCUT2D eigenvalue weighted by Gasteiger charge is 2.35. The zero-order chi connectivity index (χ0) is 13.9. The van der Waals surface area contributed by atoms with Crippen LogP contribution >= 0.6 is 0 Å². The molecule has 1 saturated carbocycles. The lowest BCUT2D eigenvalue weighted by molar-refractivity contribution is 0.133. The Morgan fingerprint density at radius 1 is 1.32 bits per heavy atom. The van der Waals surface area contributed by atoms with Gasteiger partial charge in [-0.15, -0.1) is 0 Å². The van der Waals surface area contributed by atoms with Crippen LogP contribution in [0.4, 0.5) is 0 Å². The Balaban J connectivity index is 1.93. The van der Waals surface area contributed by atoms with Crippen LogP contribution in [0.2, 0.25) is 0 Å². The topological polar surface area (TPSA) is 69.6 Å². The number of hydrogen-bond acceptors (Lipinski definition) is 3. The summed E-state index contributed by atoms with van der Waals surface area (Å²) in [5.41, 5.74) is -0.228. The van der Waals surface area contributed by atoms with E-state index in [1.807, 2.05) is 0 Å². The third-order valence-electron chi connectivity index (χ3n) is 4.59. The fourth-order valence-electron chi connectivity index (χ4n) is 3.22. The van der Waals surface area contributed by atoms with E-state index in [9.17, 15) is 13.5 Å². The van der Waals surface area contributed by atoms with Crippen molar-refractivity contribution in [3.8, 4) is 0 Å². The lowest BCUT2D eigenvalue weighted by atomic mass is 9.88. The molecule has 19 heavy (non-hydrogen) atoms. The summed E-state index contributed by atoms with van der Waals surface area (Å²) in [5, 5.41) is 9.52. The van der Waals surface area contributed by atoms with Gasteiger partial charge in [0.1, 0.15) is 0 Å². The molecule has 1 aliphatic heterocycles. The fourth-order valence-corrected chi connectivity index (χ4v) is 4.71. The van der Waals surface area contributed by atoms with Crippen LogP contribution in [0.15, 0.2) is 0 Å². The molecule has 2 aliphatic rings. The Labute approximate surface area is 116 Å². The van der Waals surface area contributed by atoms with Gasteiger partial charge in [-0.2, -0.15) is 12.7 Å². The van der Waals surface area contributed by atoms with Crippen molar-refractivity contribution in [2.45, 2.75) is 45.4 Å². The second kappa shape index (κ2) is 6.08. The molecule has 2 rings (SSSR count). The Kier molecular flexibility index (Phi) is 4.87. The van der Waals surface area contributed by atoms with E-state index < -0.39 is 10.2 Å². The first kappa shape index (κ1) is 15.2. The van der Waals surface area contributed by atoms with Crippen molar-refractivity contribution in [2.75, 3.05) is 26.2 Å². The number of nitrogens with zero attached hydrogens (tertiary/aromatic N) is 1. The van der Waals surface area contributed by atoms with Gasteiger partial charge in [-0.3, -0.25) is 0 Å². The Bertz CT molecular complexity index is 391. The lowest BCUT2D eigenvalue weighted by Gasteiger charge is -2.32. The standard InChI is InChI=1S/C13H26N2O3S/c1-12-5-4-8-15(9-12)19(17,18)14-10-13(11-16)6-2-3-7-13/h12,14,16H,2-11H2,1H3. The average Bonchev–Trinajstić information content (AvgIpc) is 2.86. The minimum atomic E-state index is -3.38. The molecule has 6 heteroatoms. The molecule has 112 valence electrons. The van der Waals surface area contributed by atoms with Crippen LogP contribution in [0, 0.1) is 11.3 Å². The maximum absolute atomic E-state index is 12.3. The van der Waals surface area contributed by atoms with Gasteiger partial charge in [-0.25, -0.2) is 4.72 Å². The molecule has 2 N–H and O–H groups in total. The maximum atomic E-state index is 12.3. The van der Waals surface area contributed by atoms with Crippen LogP contribution in [0.3, 0.4) is 0 Å². The zero-order valence-electron chi connectivity index (χ0n) is 11.8. The van der Waals surface area contributed by atoms with Crippen molar-refractivity contribution >= 4 is 10.2 Å². The lowest BCUT2D eigenvalue weighted by Crippen LogP contribution is -2.48. The normalized spacial score (nSPS) is 28.6. The van der Waals surface area contributed by atoms with Gasteiger partial charge < -0.3 is 5.11 Å². The first-order valence-electron chi connectivity index (χ1n) is 7.33. The van der Waals surface area contributed by atoms with E-state index in [4.69, 9.17) is 0 Å². The number of rotatable bonds is 5. The summed E-state index contributed by atoms with van der Waals surface area (Å²) >= 11 is 0. The quantitative estimate of drug-likeness (QED) is 0.797. The summed E-state index contributed by atoms with van der Waals surface area (Å²) in [5.74, 6) is 0.434. The molecule has 2 fully saturated rings. The van der Waals surface area contributed by atoms with Crippen LogP contribution in [0.25, 0.3) is 0 Å². The number of aliphatic hydroxyl groups excluding tert-OH is 1. The van der Waals surface area contributed by atoms with E-state index in [-0.39, 0.29) is 12.0 Å². The van der Waals surface area contributed by atoms with Crippen molar-refractivity contribution in [1.82, 2.24) is 9.03 Å². The molecule has 1 aliphatic carbocycles. The van der Waals surface area contributed by atoms with Gasteiger partial charge in [0.05, 0.1) is 0 Å². The Morgan fingerprint density at radius 2 is 2.00 bits per heavy atom. The van der Waals surface area contributed by atoms with Crippen molar-refractivity contribution in [3.05, 3.63) is 0 Å². The van der Waals surface area contributed by atoms with Gasteiger partial charge >= 0.3 is 0 Å². The SMILES string of the molecule is CC1CCCN(S(=O)(=O)NCC2(CO)CCCC2)C1. The van der Waals surface area contributed by atoms with Crippen molar-refractivity contribution in [2.24, 2.45) is 11.3 Å². The largest absolute Gasteiger partial charge is 0.396 e. The van der Waals surface area contributed by atoms with E-state index >= 15 is 0 Å². The fraction of sp³-hybridized carbons (Fsp3) is 1.00. The predicted molar refractivity (Wildman–Crippen MR) is 74.9 cm³/mol. The monoisotopic (exact) mass is 290 g/mol. The summed E-state index contributed by atoms with van der Waals surface area (Å²) in [6.07, 6.45) is 6.05. The molecule has 0 aromatic heterocycles. The predicted octanol–water partition coefficient (Wildman–Crippen LogP) is 1.11. The first-order chi connectivity index (χ1) is 8.97. The van der Waals surface area contributed by atoms with E-state index in [0.29, 0.717) is 25.6 Å². The van der Waals surface area contributed by atoms with Crippen molar-refractivity contribution < 1.29 is 13.5 Å². The smallest absolute Gasteiger partial charge is 0.279 e. The van der Waals surface area contributed by atoms with Gasteiger partial charge in [0.2, 0.25) is 0 Å². The number of aliphatic hydroxyl groups is 1. The molecule has 1 saturated heterocycles. The van der Waals surface area contributed by atoms with Crippen LogP contribution in [-0.2, 0) is 10.2 Å². The molecule has 0 bridgehead atoms. The Morgan fingerprint density at radius 3 is 2.58 bits per heavy atom. The second-order valence-electron chi connectivity index (χ2n) is 6.30. The molecule has 0 amide bonds. The van der Waals surface area contributed by atoms with Gasteiger partial charge in [-0.1, -0.05) is 19.8 Å².